The fourth-order valence-electron chi connectivity index (χ4n) is 1.91. The molecule has 2 heterocycles. The smallest absolute Gasteiger partial charge is 0.228 e. The summed E-state index contributed by atoms with van der Waals surface area (Å²) < 4.78 is 5.69. The van der Waals surface area contributed by atoms with Crippen LogP contribution in [0.15, 0.2) is 0 Å². The van der Waals surface area contributed by atoms with E-state index in [1.807, 2.05) is 6.92 Å². The highest BCUT2D eigenvalue weighted by molar-refractivity contribution is 6.28. The first-order valence-electron chi connectivity index (χ1n) is 6.14. The molecule has 1 fully saturated rings. The van der Waals surface area contributed by atoms with Gasteiger partial charge >= 0.3 is 0 Å². The molecular weight excluding hydrogens is 254 g/mol. The Morgan fingerprint density at radius 1 is 1.28 bits per heavy atom. The molecule has 1 aromatic rings. The Labute approximate surface area is 112 Å². The summed E-state index contributed by atoms with van der Waals surface area (Å²) in [7, 11) is 0. The number of halogens is 1. The van der Waals surface area contributed by atoms with Crippen LogP contribution in [0.5, 0.6) is 0 Å². The lowest BCUT2D eigenvalue weighted by atomic mass is 10.0. The molecule has 0 bridgehead atoms. The Balaban J connectivity index is 2.00. The van der Waals surface area contributed by atoms with E-state index in [4.69, 9.17) is 16.3 Å². The van der Waals surface area contributed by atoms with Gasteiger partial charge in [-0.05, 0) is 38.3 Å². The average Bonchev–Trinajstić information content (AvgIpc) is 2.74. The van der Waals surface area contributed by atoms with E-state index in [0.29, 0.717) is 18.4 Å². The molecule has 0 spiro atoms. The summed E-state index contributed by atoms with van der Waals surface area (Å²) in [6, 6.07) is 0. The van der Waals surface area contributed by atoms with Gasteiger partial charge in [-0.25, -0.2) is 0 Å². The van der Waals surface area contributed by atoms with Crippen LogP contribution in [-0.4, -0.2) is 40.2 Å². The number of ether oxygens (including phenoxy) is 1. The SMILES string of the molecule is CCNc1nc(Cl)nc(NCC2(C)CCCO2)n1. The van der Waals surface area contributed by atoms with Crippen LogP contribution in [0, 0.1) is 0 Å². The van der Waals surface area contributed by atoms with E-state index in [2.05, 4.69) is 32.5 Å². The maximum absolute atomic E-state index is 5.84. The standard InChI is InChI=1S/C11H18ClN5O/c1-3-13-9-15-8(12)16-10(17-9)14-7-11(2)5-4-6-18-11/h3-7H2,1-2H3,(H2,13,14,15,16,17). The minimum atomic E-state index is -0.141. The second kappa shape index (κ2) is 5.67. The number of rotatable bonds is 5. The van der Waals surface area contributed by atoms with Gasteiger partial charge < -0.3 is 15.4 Å². The molecule has 0 aliphatic carbocycles. The molecule has 0 aromatic carbocycles. The molecule has 2 rings (SSSR count). The number of anilines is 2. The van der Waals surface area contributed by atoms with Crippen molar-refractivity contribution in [3.63, 3.8) is 0 Å². The third-order valence-corrected chi connectivity index (χ3v) is 3.03. The van der Waals surface area contributed by atoms with Gasteiger partial charge in [0.1, 0.15) is 0 Å². The van der Waals surface area contributed by atoms with E-state index >= 15 is 0 Å². The number of nitrogens with one attached hydrogen (secondary N) is 2. The first-order chi connectivity index (χ1) is 8.61. The van der Waals surface area contributed by atoms with Crippen molar-refractivity contribution in [2.75, 3.05) is 30.3 Å². The van der Waals surface area contributed by atoms with Gasteiger partial charge in [0.2, 0.25) is 17.2 Å². The second-order valence-electron chi connectivity index (χ2n) is 4.54. The zero-order valence-electron chi connectivity index (χ0n) is 10.7. The molecule has 7 heteroatoms. The summed E-state index contributed by atoms with van der Waals surface area (Å²) >= 11 is 5.84. The largest absolute Gasteiger partial charge is 0.373 e. The highest BCUT2D eigenvalue weighted by Crippen LogP contribution is 2.25. The molecule has 1 atom stereocenters. The van der Waals surface area contributed by atoms with E-state index in [1.54, 1.807) is 0 Å². The van der Waals surface area contributed by atoms with E-state index in [9.17, 15) is 0 Å². The monoisotopic (exact) mass is 271 g/mol. The van der Waals surface area contributed by atoms with E-state index in [-0.39, 0.29) is 10.9 Å². The van der Waals surface area contributed by atoms with Crippen molar-refractivity contribution in [2.24, 2.45) is 0 Å². The van der Waals surface area contributed by atoms with Crippen LogP contribution >= 0.6 is 11.6 Å². The van der Waals surface area contributed by atoms with Crippen LogP contribution in [0.3, 0.4) is 0 Å². The van der Waals surface area contributed by atoms with E-state index < -0.39 is 0 Å². The van der Waals surface area contributed by atoms with Crippen molar-refractivity contribution in [1.82, 2.24) is 15.0 Å². The number of aromatic nitrogens is 3. The summed E-state index contributed by atoms with van der Waals surface area (Å²) in [4.78, 5) is 12.3. The van der Waals surface area contributed by atoms with Crippen LogP contribution in [0.4, 0.5) is 11.9 Å². The van der Waals surface area contributed by atoms with Gasteiger partial charge in [-0.3, -0.25) is 0 Å². The lowest BCUT2D eigenvalue weighted by Gasteiger charge is -2.23. The van der Waals surface area contributed by atoms with Crippen molar-refractivity contribution < 1.29 is 4.74 Å². The molecule has 1 aliphatic rings. The molecule has 2 N–H and O–H groups in total. The van der Waals surface area contributed by atoms with Gasteiger partial charge in [0, 0.05) is 19.7 Å². The van der Waals surface area contributed by atoms with E-state index in [0.717, 1.165) is 26.0 Å². The van der Waals surface area contributed by atoms with Crippen LogP contribution < -0.4 is 10.6 Å². The first kappa shape index (κ1) is 13.3. The average molecular weight is 272 g/mol. The highest BCUT2D eigenvalue weighted by atomic mass is 35.5. The van der Waals surface area contributed by atoms with Crippen LogP contribution in [0.1, 0.15) is 26.7 Å². The topological polar surface area (TPSA) is 72.0 Å². The predicted octanol–water partition coefficient (Wildman–Crippen LogP) is 1.94. The molecule has 18 heavy (non-hydrogen) atoms. The van der Waals surface area contributed by atoms with Gasteiger partial charge in [0.15, 0.2) is 0 Å². The quantitative estimate of drug-likeness (QED) is 0.853. The molecule has 0 saturated carbocycles. The fourth-order valence-corrected chi connectivity index (χ4v) is 2.07. The highest BCUT2D eigenvalue weighted by Gasteiger charge is 2.29. The Bertz CT molecular complexity index is 408. The summed E-state index contributed by atoms with van der Waals surface area (Å²) in [5.74, 6) is 0.958. The lowest BCUT2D eigenvalue weighted by molar-refractivity contribution is 0.0314. The predicted molar refractivity (Wildman–Crippen MR) is 71.1 cm³/mol. The summed E-state index contributed by atoms with van der Waals surface area (Å²) in [6.45, 7) is 6.28. The first-order valence-corrected chi connectivity index (χ1v) is 6.52. The Morgan fingerprint density at radius 3 is 2.61 bits per heavy atom. The minimum absolute atomic E-state index is 0.141. The molecule has 0 radical (unpaired) electrons. The summed E-state index contributed by atoms with van der Waals surface area (Å²) in [6.07, 6.45) is 2.14. The molecular formula is C11H18ClN5O. The van der Waals surface area contributed by atoms with Crippen molar-refractivity contribution >= 4 is 23.5 Å². The van der Waals surface area contributed by atoms with Crippen LogP contribution in [0.2, 0.25) is 5.28 Å². The Hall–Kier alpha value is -1.14. The van der Waals surface area contributed by atoms with Crippen molar-refractivity contribution in [3.8, 4) is 0 Å². The van der Waals surface area contributed by atoms with Crippen molar-refractivity contribution in [1.29, 1.82) is 0 Å². The third kappa shape index (κ3) is 3.43. The van der Waals surface area contributed by atoms with E-state index in [1.165, 1.54) is 0 Å². The Kier molecular flexibility index (Phi) is 4.19. The van der Waals surface area contributed by atoms with Gasteiger partial charge in [0.05, 0.1) is 5.60 Å². The minimum Gasteiger partial charge on any atom is -0.373 e. The normalized spacial score (nSPS) is 23.1. The van der Waals surface area contributed by atoms with Crippen molar-refractivity contribution in [3.05, 3.63) is 5.28 Å². The van der Waals surface area contributed by atoms with Gasteiger partial charge in [0.25, 0.3) is 0 Å². The summed E-state index contributed by atoms with van der Waals surface area (Å²) in [5.41, 5.74) is -0.141. The number of hydrogen-bond acceptors (Lipinski definition) is 6. The molecule has 100 valence electrons. The molecule has 1 aromatic heterocycles. The summed E-state index contributed by atoms with van der Waals surface area (Å²) in [5, 5.41) is 6.34. The van der Waals surface area contributed by atoms with Gasteiger partial charge in [-0.15, -0.1) is 0 Å². The second-order valence-corrected chi connectivity index (χ2v) is 4.88. The molecule has 1 aliphatic heterocycles. The number of nitrogens with zero attached hydrogens (tertiary/aromatic N) is 3. The molecule has 1 saturated heterocycles. The fraction of sp³-hybridized carbons (Fsp3) is 0.727. The maximum atomic E-state index is 5.84. The molecule has 0 amide bonds. The van der Waals surface area contributed by atoms with Crippen molar-refractivity contribution in [2.45, 2.75) is 32.3 Å². The zero-order chi connectivity index (χ0) is 13.0. The lowest BCUT2D eigenvalue weighted by Crippen LogP contribution is -2.33. The molecule has 6 nitrogen and oxygen atoms in total. The van der Waals surface area contributed by atoms with Gasteiger partial charge in [-0.1, -0.05) is 0 Å². The zero-order valence-corrected chi connectivity index (χ0v) is 11.4. The Morgan fingerprint density at radius 2 is 2.00 bits per heavy atom. The third-order valence-electron chi connectivity index (χ3n) is 2.86. The number of hydrogen-bond donors (Lipinski definition) is 2. The maximum Gasteiger partial charge on any atom is 0.228 e. The molecule has 1 unspecified atom stereocenters. The van der Waals surface area contributed by atoms with Crippen LogP contribution in [-0.2, 0) is 4.74 Å². The van der Waals surface area contributed by atoms with Gasteiger partial charge in [-0.2, -0.15) is 15.0 Å². The van der Waals surface area contributed by atoms with Crippen LogP contribution in [0.25, 0.3) is 0 Å².